The summed E-state index contributed by atoms with van der Waals surface area (Å²) in [5.41, 5.74) is 6.02. The summed E-state index contributed by atoms with van der Waals surface area (Å²) in [4.78, 5) is 2.18. The Balaban J connectivity index is 3.84. The molecular formula is C11H27N3. The van der Waals surface area contributed by atoms with Gasteiger partial charge in [0.15, 0.2) is 0 Å². The number of hydrogen-bond acceptors (Lipinski definition) is 3. The zero-order valence-corrected chi connectivity index (χ0v) is 10.6. The highest BCUT2D eigenvalue weighted by molar-refractivity contribution is 4.87. The zero-order chi connectivity index (χ0) is 11.4. The summed E-state index contributed by atoms with van der Waals surface area (Å²) in [6, 6.07) is 0. The van der Waals surface area contributed by atoms with Crippen molar-refractivity contribution in [1.29, 1.82) is 0 Å². The van der Waals surface area contributed by atoms with Gasteiger partial charge in [-0.2, -0.15) is 0 Å². The average Bonchev–Trinajstić information content (AvgIpc) is 1.78. The Hall–Kier alpha value is -0.120. The molecule has 14 heavy (non-hydrogen) atoms. The van der Waals surface area contributed by atoms with E-state index in [0.717, 1.165) is 19.5 Å². The van der Waals surface area contributed by atoms with Crippen molar-refractivity contribution in [3.05, 3.63) is 0 Å². The molecule has 0 rings (SSSR count). The minimum absolute atomic E-state index is 0.103. The van der Waals surface area contributed by atoms with Gasteiger partial charge in [-0.1, -0.05) is 0 Å². The summed E-state index contributed by atoms with van der Waals surface area (Å²) in [5.74, 6) is 0. The Morgan fingerprint density at radius 1 is 1.14 bits per heavy atom. The van der Waals surface area contributed by atoms with E-state index in [-0.39, 0.29) is 11.1 Å². The van der Waals surface area contributed by atoms with Gasteiger partial charge in [-0.25, -0.2) is 0 Å². The molecule has 0 unspecified atom stereocenters. The average molecular weight is 201 g/mol. The predicted molar refractivity (Wildman–Crippen MR) is 63.5 cm³/mol. The van der Waals surface area contributed by atoms with Gasteiger partial charge in [0.05, 0.1) is 0 Å². The van der Waals surface area contributed by atoms with Crippen LogP contribution in [0.15, 0.2) is 0 Å². The van der Waals surface area contributed by atoms with Crippen LogP contribution in [0, 0.1) is 0 Å². The molecule has 0 aromatic carbocycles. The summed E-state index contributed by atoms with van der Waals surface area (Å²) in [6.07, 6.45) is 0.980. The molecule has 0 saturated carbocycles. The first kappa shape index (κ1) is 13.9. The van der Waals surface area contributed by atoms with E-state index in [9.17, 15) is 0 Å². The standard InChI is InChI=1S/C11H27N3/c1-10(2,12)9-11(3,4)13-7-8-14(5)6/h13H,7-9,12H2,1-6H3. The van der Waals surface area contributed by atoms with Gasteiger partial charge < -0.3 is 16.0 Å². The molecule has 0 aromatic heterocycles. The van der Waals surface area contributed by atoms with E-state index >= 15 is 0 Å². The lowest BCUT2D eigenvalue weighted by Gasteiger charge is -2.33. The number of likely N-dealkylation sites (N-methyl/N-ethyl adjacent to an activating group) is 1. The zero-order valence-electron chi connectivity index (χ0n) is 10.6. The van der Waals surface area contributed by atoms with Crippen molar-refractivity contribution in [2.24, 2.45) is 5.73 Å². The quantitative estimate of drug-likeness (QED) is 0.675. The monoisotopic (exact) mass is 201 g/mol. The highest BCUT2D eigenvalue weighted by atomic mass is 15.1. The van der Waals surface area contributed by atoms with Crippen molar-refractivity contribution in [2.75, 3.05) is 27.2 Å². The fraction of sp³-hybridized carbons (Fsp3) is 1.00. The van der Waals surface area contributed by atoms with Gasteiger partial charge >= 0.3 is 0 Å². The topological polar surface area (TPSA) is 41.3 Å². The molecule has 0 atom stereocenters. The van der Waals surface area contributed by atoms with E-state index in [2.05, 4.69) is 52.0 Å². The second kappa shape index (κ2) is 5.10. The molecule has 0 aliphatic rings. The SMILES string of the molecule is CN(C)CCNC(C)(C)CC(C)(C)N. The molecule has 3 heteroatoms. The molecule has 0 spiro atoms. The second-order valence-corrected chi connectivity index (χ2v) is 5.78. The number of nitrogens with one attached hydrogen (secondary N) is 1. The van der Waals surface area contributed by atoms with Gasteiger partial charge in [0, 0.05) is 24.2 Å². The maximum Gasteiger partial charge on any atom is 0.0142 e. The van der Waals surface area contributed by atoms with Crippen LogP contribution in [0.2, 0.25) is 0 Å². The Labute approximate surface area is 89.0 Å². The summed E-state index contributed by atoms with van der Waals surface area (Å²) < 4.78 is 0. The van der Waals surface area contributed by atoms with Crippen LogP contribution in [0.1, 0.15) is 34.1 Å². The van der Waals surface area contributed by atoms with Gasteiger partial charge in [-0.05, 0) is 48.2 Å². The largest absolute Gasteiger partial charge is 0.325 e. The molecule has 0 saturated heterocycles. The van der Waals surface area contributed by atoms with Crippen LogP contribution in [0.3, 0.4) is 0 Å². The fourth-order valence-corrected chi connectivity index (χ4v) is 1.82. The molecule has 3 nitrogen and oxygen atoms in total. The Morgan fingerprint density at radius 2 is 1.64 bits per heavy atom. The molecular weight excluding hydrogens is 174 g/mol. The third kappa shape index (κ3) is 8.48. The molecule has 0 heterocycles. The smallest absolute Gasteiger partial charge is 0.0142 e. The van der Waals surface area contributed by atoms with Crippen molar-refractivity contribution in [3.8, 4) is 0 Å². The summed E-state index contributed by atoms with van der Waals surface area (Å²) >= 11 is 0. The highest BCUT2D eigenvalue weighted by Gasteiger charge is 2.24. The van der Waals surface area contributed by atoms with Gasteiger partial charge in [-0.15, -0.1) is 0 Å². The molecule has 0 fully saturated rings. The van der Waals surface area contributed by atoms with Gasteiger partial charge in [0.2, 0.25) is 0 Å². The van der Waals surface area contributed by atoms with Crippen molar-refractivity contribution in [2.45, 2.75) is 45.2 Å². The van der Waals surface area contributed by atoms with Gasteiger partial charge in [0.25, 0.3) is 0 Å². The predicted octanol–water partition coefficient (Wildman–Crippen LogP) is 1.04. The maximum atomic E-state index is 6.00. The van der Waals surface area contributed by atoms with Crippen LogP contribution < -0.4 is 11.1 Å². The van der Waals surface area contributed by atoms with Crippen molar-refractivity contribution in [3.63, 3.8) is 0 Å². The lowest BCUT2D eigenvalue weighted by molar-refractivity contribution is 0.276. The lowest BCUT2D eigenvalue weighted by atomic mass is 9.88. The number of nitrogens with two attached hydrogens (primary N) is 1. The fourth-order valence-electron chi connectivity index (χ4n) is 1.82. The summed E-state index contributed by atoms with van der Waals surface area (Å²) in [7, 11) is 4.17. The molecule has 0 bridgehead atoms. The first-order chi connectivity index (χ1) is 6.12. The Bertz CT molecular complexity index is 156. The van der Waals surface area contributed by atoms with E-state index in [1.165, 1.54) is 0 Å². The van der Waals surface area contributed by atoms with Crippen molar-refractivity contribution >= 4 is 0 Å². The molecule has 86 valence electrons. The van der Waals surface area contributed by atoms with Gasteiger partial charge in [0.1, 0.15) is 0 Å². The van der Waals surface area contributed by atoms with E-state index in [1.54, 1.807) is 0 Å². The van der Waals surface area contributed by atoms with Crippen LogP contribution in [0.4, 0.5) is 0 Å². The van der Waals surface area contributed by atoms with Crippen molar-refractivity contribution < 1.29 is 0 Å². The Morgan fingerprint density at radius 3 is 2.00 bits per heavy atom. The van der Waals surface area contributed by atoms with E-state index in [1.807, 2.05) is 0 Å². The molecule has 0 aliphatic carbocycles. The van der Waals surface area contributed by atoms with Crippen LogP contribution in [-0.2, 0) is 0 Å². The summed E-state index contributed by atoms with van der Waals surface area (Å²) in [5, 5.41) is 3.53. The van der Waals surface area contributed by atoms with E-state index in [0.29, 0.717) is 0 Å². The van der Waals surface area contributed by atoms with Crippen molar-refractivity contribution in [1.82, 2.24) is 10.2 Å². The number of nitrogens with zero attached hydrogens (tertiary/aromatic N) is 1. The normalized spacial score (nSPS) is 13.7. The number of hydrogen-bond donors (Lipinski definition) is 2. The van der Waals surface area contributed by atoms with E-state index in [4.69, 9.17) is 5.73 Å². The maximum absolute atomic E-state index is 6.00. The lowest BCUT2D eigenvalue weighted by Crippen LogP contribution is -2.49. The number of rotatable bonds is 6. The second-order valence-electron chi connectivity index (χ2n) is 5.78. The first-order valence-electron chi connectivity index (χ1n) is 5.31. The van der Waals surface area contributed by atoms with Crippen LogP contribution in [0.25, 0.3) is 0 Å². The van der Waals surface area contributed by atoms with E-state index < -0.39 is 0 Å². The molecule has 3 N–H and O–H groups in total. The first-order valence-corrected chi connectivity index (χ1v) is 5.31. The van der Waals surface area contributed by atoms with Crippen LogP contribution in [0.5, 0.6) is 0 Å². The van der Waals surface area contributed by atoms with Gasteiger partial charge in [-0.3, -0.25) is 0 Å². The summed E-state index contributed by atoms with van der Waals surface area (Å²) in [6.45, 7) is 10.6. The molecule has 0 aliphatic heterocycles. The molecule has 0 radical (unpaired) electrons. The third-order valence-corrected chi connectivity index (χ3v) is 2.06. The Kier molecular flexibility index (Phi) is 5.06. The molecule has 0 amide bonds. The minimum atomic E-state index is -0.103. The highest BCUT2D eigenvalue weighted by Crippen LogP contribution is 2.16. The van der Waals surface area contributed by atoms with Crippen LogP contribution in [-0.4, -0.2) is 43.2 Å². The third-order valence-electron chi connectivity index (χ3n) is 2.06. The minimum Gasteiger partial charge on any atom is -0.325 e. The van der Waals surface area contributed by atoms with Crippen LogP contribution >= 0.6 is 0 Å². The molecule has 0 aromatic rings.